The van der Waals surface area contributed by atoms with Crippen LogP contribution in [0.4, 0.5) is 0 Å². The van der Waals surface area contributed by atoms with Gasteiger partial charge in [0.1, 0.15) is 30.2 Å². The Morgan fingerprint density at radius 3 is 1.70 bits per heavy atom. The van der Waals surface area contributed by atoms with Crippen LogP contribution in [0.2, 0.25) is 0 Å². The Balaban J connectivity index is 2.09. The van der Waals surface area contributed by atoms with Crippen LogP contribution in [0.15, 0.2) is 25.0 Å². The number of carbonyl (C=O) groups is 9. The third kappa shape index (κ3) is 16.9. The van der Waals surface area contributed by atoms with Gasteiger partial charge < -0.3 is 63.8 Å². The van der Waals surface area contributed by atoms with Crippen LogP contribution < -0.4 is 48.7 Å². The number of primary amides is 1. The second-order valence-corrected chi connectivity index (χ2v) is 14.0. The first-order chi connectivity index (χ1) is 26.8. The Morgan fingerprint density at radius 1 is 0.667 bits per heavy atom. The zero-order chi connectivity index (χ0) is 42.8. The number of nitrogens with two attached hydrogens (primary N) is 2. The van der Waals surface area contributed by atoms with Crippen LogP contribution in [0.5, 0.6) is 0 Å². The average molecular weight is 804 g/mol. The highest BCUT2D eigenvalue weighted by Gasteiger charge is 2.32. The van der Waals surface area contributed by atoms with Gasteiger partial charge in [-0.3, -0.25) is 43.2 Å². The number of nitrogens with one attached hydrogen (secondary N) is 9. The van der Waals surface area contributed by atoms with E-state index < -0.39 is 115 Å². The van der Waals surface area contributed by atoms with E-state index in [4.69, 9.17) is 11.5 Å². The molecular weight excluding hydrogens is 750 g/mol. The SMILES string of the molecule is CC(C)C[C@H](NC(=O)[C@@H](NC(=O)CNC(=O)[C@H](Cc1cnc[nH]1)NC(=O)[C@H](CC(N)=O)NC(=O)CNC(=O)[C@@H](N)Cc1cnc[nH]1)C(C)C)C(=O)N[C@@H](C)C(=O)O. The molecule has 0 aliphatic rings. The minimum absolute atomic E-state index is 0.0723. The topological polar surface area (TPSA) is 367 Å². The average Bonchev–Trinajstić information content (AvgIpc) is 3.85. The standard InChI is InChI=1S/C34H53N13O10/c1-16(2)6-22(31(53)43-18(5)34(56)57)46-33(55)28(17(3)4)47-27(50)13-40-30(52)23(8-20-11-38-15-42-20)45-32(54)24(9-25(36)48)44-26(49)12-39-29(51)21(35)7-19-10-37-14-41-19/h10-11,14-18,21-24,28H,6-9,12-13,35H2,1-5H3,(H2,36,48)(H,37,41)(H,38,42)(H,39,51)(H,40,52)(H,43,53)(H,44,49)(H,45,54)(H,46,55)(H,47,50)(H,56,57)/t18-,21-,22-,23-,24-,28-/m0/s1. The van der Waals surface area contributed by atoms with Gasteiger partial charge in [-0.05, 0) is 25.2 Å². The van der Waals surface area contributed by atoms with Crippen molar-refractivity contribution in [3.8, 4) is 0 Å². The van der Waals surface area contributed by atoms with Crippen LogP contribution in [0.25, 0.3) is 0 Å². The summed E-state index contributed by atoms with van der Waals surface area (Å²) in [5.41, 5.74) is 12.2. The van der Waals surface area contributed by atoms with E-state index in [0.29, 0.717) is 11.4 Å². The molecule has 0 bridgehead atoms. The van der Waals surface area contributed by atoms with Crippen molar-refractivity contribution in [2.75, 3.05) is 13.1 Å². The molecule has 2 heterocycles. The number of hydrogen-bond donors (Lipinski definition) is 12. The Bertz CT molecular complexity index is 1700. The van der Waals surface area contributed by atoms with E-state index >= 15 is 0 Å². The quantitative estimate of drug-likeness (QED) is 0.0478. The van der Waals surface area contributed by atoms with Gasteiger partial charge in [-0.15, -0.1) is 0 Å². The zero-order valence-corrected chi connectivity index (χ0v) is 32.3. The number of aliphatic carboxylic acids is 1. The number of aromatic nitrogens is 4. The fraction of sp³-hybridized carbons (Fsp3) is 0.559. The fourth-order valence-electron chi connectivity index (χ4n) is 5.17. The van der Waals surface area contributed by atoms with Crippen molar-refractivity contribution >= 4 is 53.2 Å². The van der Waals surface area contributed by atoms with E-state index in [1.165, 1.54) is 32.0 Å². The van der Waals surface area contributed by atoms with Crippen molar-refractivity contribution in [1.29, 1.82) is 0 Å². The minimum Gasteiger partial charge on any atom is -0.480 e. The predicted octanol–water partition coefficient (Wildman–Crippen LogP) is -4.42. The maximum Gasteiger partial charge on any atom is 0.325 e. The van der Waals surface area contributed by atoms with Crippen molar-refractivity contribution < 1.29 is 48.3 Å². The lowest BCUT2D eigenvalue weighted by atomic mass is 9.99. The van der Waals surface area contributed by atoms with E-state index in [-0.39, 0.29) is 25.2 Å². The first-order valence-electron chi connectivity index (χ1n) is 18.0. The molecule has 23 heteroatoms. The van der Waals surface area contributed by atoms with Crippen LogP contribution >= 0.6 is 0 Å². The summed E-state index contributed by atoms with van der Waals surface area (Å²) in [7, 11) is 0. The molecule has 57 heavy (non-hydrogen) atoms. The van der Waals surface area contributed by atoms with E-state index in [1.807, 2.05) is 0 Å². The lowest BCUT2D eigenvalue weighted by molar-refractivity contribution is -0.142. The number of carbonyl (C=O) groups excluding carboxylic acids is 8. The van der Waals surface area contributed by atoms with E-state index in [0.717, 1.165) is 0 Å². The summed E-state index contributed by atoms with van der Waals surface area (Å²) in [6, 6.07) is -7.51. The second-order valence-electron chi connectivity index (χ2n) is 14.0. The summed E-state index contributed by atoms with van der Waals surface area (Å²) < 4.78 is 0. The Hall–Kier alpha value is -6.39. The molecule has 0 radical (unpaired) electrons. The van der Waals surface area contributed by atoms with E-state index in [9.17, 15) is 48.3 Å². The number of amides is 8. The molecule has 0 saturated carbocycles. The smallest absolute Gasteiger partial charge is 0.325 e. The molecule has 0 saturated heterocycles. The number of H-pyrrole nitrogens is 2. The molecule has 0 spiro atoms. The van der Waals surface area contributed by atoms with Crippen LogP contribution in [0, 0.1) is 11.8 Å². The number of nitrogens with zero attached hydrogens (tertiary/aromatic N) is 2. The molecule has 2 aromatic heterocycles. The monoisotopic (exact) mass is 803 g/mol. The number of imidazole rings is 2. The van der Waals surface area contributed by atoms with Crippen molar-refractivity contribution in [3.63, 3.8) is 0 Å². The highest BCUT2D eigenvalue weighted by molar-refractivity contribution is 5.97. The maximum absolute atomic E-state index is 13.4. The summed E-state index contributed by atoms with van der Waals surface area (Å²) >= 11 is 0. The molecular formula is C34H53N13O10. The summed E-state index contributed by atoms with van der Waals surface area (Å²) in [5, 5.41) is 26.0. The number of aromatic amines is 2. The summed E-state index contributed by atoms with van der Waals surface area (Å²) in [4.78, 5) is 127. The van der Waals surface area contributed by atoms with E-state index in [2.05, 4.69) is 57.2 Å². The number of hydrogen-bond acceptors (Lipinski definition) is 12. The predicted molar refractivity (Wildman–Crippen MR) is 200 cm³/mol. The van der Waals surface area contributed by atoms with Crippen LogP contribution in [-0.2, 0) is 56.0 Å². The fourth-order valence-corrected chi connectivity index (χ4v) is 5.17. The summed E-state index contributed by atoms with van der Waals surface area (Å²) in [6.45, 7) is 6.87. The summed E-state index contributed by atoms with van der Waals surface area (Å²) in [5.74, 6) is -8.48. The molecule has 0 aliphatic heterocycles. The number of carboxylic acids is 1. The van der Waals surface area contributed by atoms with Gasteiger partial charge >= 0.3 is 5.97 Å². The molecule has 314 valence electrons. The highest BCUT2D eigenvalue weighted by atomic mass is 16.4. The van der Waals surface area contributed by atoms with Gasteiger partial charge in [0.05, 0.1) is 38.2 Å². The van der Waals surface area contributed by atoms with Gasteiger partial charge in [0.2, 0.25) is 47.3 Å². The first-order valence-corrected chi connectivity index (χ1v) is 18.0. The Morgan fingerprint density at radius 2 is 1.19 bits per heavy atom. The molecule has 0 unspecified atom stereocenters. The van der Waals surface area contributed by atoms with Crippen molar-refractivity contribution in [2.45, 2.75) is 96.6 Å². The number of carboxylic acid groups (broad SMARTS) is 1. The van der Waals surface area contributed by atoms with Crippen LogP contribution in [0.1, 0.15) is 58.8 Å². The minimum atomic E-state index is -1.58. The zero-order valence-electron chi connectivity index (χ0n) is 32.3. The first kappa shape index (κ1) is 46.8. The molecule has 0 aliphatic carbocycles. The molecule has 0 fully saturated rings. The lowest BCUT2D eigenvalue weighted by Gasteiger charge is -2.27. The summed E-state index contributed by atoms with van der Waals surface area (Å²) in [6.07, 6.45) is 5.01. The second kappa shape index (κ2) is 22.9. The van der Waals surface area contributed by atoms with Crippen molar-refractivity contribution in [2.24, 2.45) is 23.3 Å². The molecule has 6 atom stereocenters. The maximum atomic E-state index is 13.4. The normalized spacial score (nSPS) is 14.2. The van der Waals surface area contributed by atoms with Gasteiger partial charge in [-0.2, -0.15) is 0 Å². The molecule has 2 rings (SSSR count). The van der Waals surface area contributed by atoms with Gasteiger partial charge in [0.15, 0.2) is 0 Å². The van der Waals surface area contributed by atoms with Crippen LogP contribution in [0.3, 0.4) is 0 Å². The van der Waals surface area contributed by atoms with Gasteiger partial charge in [-0.1, -0.05) is 27.7 Å². The molecule has 23 nitrogen and oxygen atoms in total. The third-order valence-corrected chi connectivity index (χ3v) is 8.18. The van der Waals surface area contributed by atoms with Gasteiger partial charge in [-0.25, -0.2) is 9.97 Å². The Labute approximate surface area is 327 Å². The third-order valence-electron chi connectivity index (χ3n) is 8.18. The molecule has 8 amide bonds. The van der Waals surface area contributed by atoms with Gasteiger partial charge in [0.25, 0.3) is 0 Å². The van der Waals surface area contributed by atoms with E-state index in [1.54, 1.807) is 27.7 Å². The van der Waals surface area contributed by atoms with Crippen molar-refractivity contribution in [3.05, 3.63) is 36.4 Å². The van der Waals surface area contributed by atoms with Crippen LogP contribution in [-0.4, -0.2) is 128 Å². The molecule has 14 N–H and O–H groups in total. The van der Waals surface area contributed by atoms with Crippen molar-refractivity contribution in [1.82, 2.24) is 57.2 Å². The molecule has 2 aromatic rings. The largest absolute Gasteiger partial charge is 0.480 e. The lowest BCUT2D eigenvalue weighted by Crippen LogP contribution is -2.58. The van der Waals surface area contributed by atoms with Gasteiger partial charge in [0, 0.05) is 36.6 Å². The Kier molecular flexibility index (Phi) is 18.8. The highest BCUT2D eigenvalue weighted by Crippen LogP contribution is 2.09. The molecule has 0 aromatic carbocycles. The number of rotatable bonds is 24.